The predicted octanol–water partition coefficient (Wildman–Crippen LogP) is 2.64. The van der Waals surface area contributed by atoms with E-state index in [1.54, 1.807) is 4.90 Å². The second kappa shape index (κ2) is 6.59. The minimum Gasteiger partial charge on any atom is -0.330 e. The third-order valence-electron chi connectivity index (χ3n) is 3.44. The molecule has 0 aliphatic heterocycles. The highest BCUT2D eigenvalue weighted by Gasteiger charge is 2.32. The van der Waals surface area contributed by atoms with Gasteiger partial charge in [-0.25, -0.2) is 0 Å². The smallest absolute Gasteiger partial charge is 0.330 e. The summed E-state index contributed by atoms with van der Waals surface area (Å²) in [6.45, 7) is 2.92. The van der Waals surface area contributed by atoms with Crippen molar-refractivity contribution in [1.82, 2.24) is 4.90 Å². The lowest BCUT2D eigenvalue weighted by atomic mass is 10.0. The van der Waals surface area contributed by atoms with E-state index in [-0.39, 0.29) is 0 Å². The Morgan fingerprint density at radius 3 is 2.35 bits per heavy atom. The summed E-state index contributed by atoms with van der Waals surface area (Å²) in [5.74, 6) is 0.923. The molecule has 0 saturated heterocycles. The molecule has 0 radical (unpaired) electrons. The predicted molar refractivity (Wildman–Crippen MR) is 62.7 cm³/mol. The number of hydrogen-bond acceptors (Lipinski definition) is 2. The van der Waals surface area contributed by atoms with E-state index in [4.69, 9.17) is 5.73 Å². The summed E-state index contributed by atoms with van der Waals surface area (Å²) < 4.78 is 37.2. The van der Waals surface area contributed by atoms with Gasteiger partial charge in [0.2, 0.25) is 0 Å². The topological polar surface area (TPSA) is 29.3 Å². The average Bonchev–Trinajstić information content (AvgIpc) is 2.63. The molecule has 2 nitrogen and oxygen atoms in total. The van der Waals surface area contributed by atoms with Gasteiger partial charge >= 0.3 is 6.18 Å². The van der Waals surface area contributed by atoms with E-state index in [0.717, 1.165) is 25.7 Å². The minimum absolute atomic E-state index is 0.400. The SMILES string of the molecule is CCCN(CC1CCC(CN)C1)CC(F)(F)F. The molecular weight excluding hydrogens is 229 g/mol. The first-order chi connectivity index (χ1) is 7.94. The maximum absolute atomic E-state index is 12.4. The van der Waals surface area contributed by atoms with E-state index in [0.29, 0.717) is 31.5 Å². The van der Waals surface area contributed by atoms with E-state index < -0.39 is 12.7 Å². The summed E-state index contributed by atoms with van der Waals surface area (Å²) >= 11 is 0. The first kappa shape index (κ1) is 14.8. The van der Waals surface area contributed by atoms with Crippen LogP contribution < -0.4 is 5.73 Å². The van der Waals surface area contributed by atoms with Gasteiger partial charge < -0.3 is 5.73 Å². The van der Waals surface area contributed by atoms with Crippen molar-refractivity contribution in [1.29, 1.82) is 0 Å². The van der Waals surface area contributed by atoms with Crippen LogP contribution in [0.25, 0.3) is 0 Å². The number of halogens is 3. The van der Waals surface area contributed by atoms with Crippen LogP contribution in [-0.2, 0) is 0 Å². The molecule has 17 heavy (non-hydrogen) atoms. The van der Waals surface area contributed by atoms with Crippen molar-refractivity contribution in [3.8, 4) is 0 Å². The van der Waals surface area contributed by atoms with Crippen molar-refractivity contribution in [2.75, 3.05) is 26.2 Å². The van der Waals surface area contributed by atoms with Gasteiger partial charge in [-0.05, 0) is 50.6 Å². The van der Waals surface area contributed by atoms with E-state index >= 15 is 0 Å². The van der Waals surface area contributed by atoms with Crippen molar-refractivity contribution < 1.29 is 13.2 Å². The van der Waals surface area contributed by atoms with Gasteiger partial charge in [-0.15, -0.1) is 0 Å². The summed E-state index contributed by atoms with van der Waals surface area (Å²) in [4.78, 5) is 1.55. The molecule has 1 aliphatic carbocycles. The van der Waals surface area contributed by atoms with Crippen LogP contribution in [0.3, 0.4) is 0 Å². The monoisotopic (exact) mass is 252 g/mol. The molecule has 0 aromatic carbocycles. The summed E-state index contributed by atoms with van der Waals surface area (Å²) in [5.41, 5.74) is 5.59. The molecule has 0 amide bonds. The lowest BCUT2D eigenvalue weighted by molar-refractivity contribution is -0.147. The largest absolute Gasteiger partial charge is 0.401 e. The zero-order chi connectivity index (χ0) is 12.9. The van der Waals surface area contributed by atoms with Crippen LogP contribution in [-0.4, -0.2) is 37.3 Å². The molecule has 2 atom stereocenters. The molecule has 0 heterocycles. The summed E-state index contributed by atoms with van der Waals surface area (Å²) in [6, 6.07) is 0. The van der Waals surface area contributed by atoms with Crippen LogP contribution in [0.4, 0.5) is 13.2 Å². The van der Waals surface area contributed by atoms with Crippen molar-refractivity contribution in [2.24, 2.45) is 17.6 Å². The van der Waals surface area contributed by atoms with Gasteiger partial charge in [0.05, 0.1) is 6.54 Å². The third kappa shape index (κ3) is 5.73. The zero-order valence-corrected chi connectivity index (χ0v) is 10.5. The third-order valence-corrected chi connectivity index (χ3v) is 3.44. The van der Waals surface area contributed by atoms with E-state index in [1.165, 1.54) is 0 Å². The highest BCUT2D eigenvalue weighted by atomic mass is 19.4. The fourth-order valence-corrected chi connectivity index (χ4v) is 2.73. The lowest BCUT2D eigenvalue weighted by Gasteiger charge is -2.26. The van der Waals surface area contributed by atoms with Gasteiger partial charge in [0.15, 0.2) is 0 Å². The summed E-state index contributed by atoms with van der Waals surface area (Å²) in [6.07, 6.45) is -0.216. The first-order valence-corrected chi connectivity index (χ1v) is 6.43. The molecule has 1 saturated carbocycles. The molecule has 1 fully saturated rings. The van der Waals surface area contributed by atoms with Gasteiger partial charge in [0.1, 0.15) is 0 Å². The second-order valence-corrected chi connectivity index (χ2v) is 5.13. The summed E-state index contributed by atoms with van der Waals surface area (Å²) in [5, 5.41) is 0. The number of hydrogen-bond donors (Lipinski definition) is 1. The Bertz CT molecular complexity index is 218. The Morgan fingerprint density at radius 2 is 1.88 bits per heavy atom. The molecule has 1 aliphatic rings. The average molecular weight is 252 g/mol. The number of alkyl halides is 3. The molecule has 102 valence electrons. The van der Waals surface area contributed by atoms with Gasteiger partial charge in [0, 0.05) is 6.54 Å². The first-order valence-electron chi connectivity index (χ1n) is 6.43. The highest BCUT2D eigenvalue weighted by molar-refractivity contribution is 4.79. The number of nitrogens with zero attached hydrogens (tertiary/aromatic N) is 1. The van der Waals surface area contributed by atoms with Crippen LogP contribution >= 0.6 is 0 Å². The van der Waals surface area contributed by atoms with E-state index in [1.807, 2.05) is 6.92 Å². The molecule has 1 rings (SSSR count). The maximum atomic E-state index is 12.4. The normalized spacial score (nSPS) is 25.8. The van der Waals surface area contributed by atoms with Gasteiger partial charge in [-0.3, -0.25) is 4.90 Å². The van der Waals surface area contributed by atoms with Crippen molar-refractivity contribution in [2.45, 2.75) is 38.8 Å². The fourth-order valence-electron chi connectivity index (χ4n) is 2.73. The molecule has 0 bridgehead atoms. The molecule has 0 spiro atoms. The molecule has 5 heteroatoms. The van der Waals surface area contributed by atoms with Crippen LogP contribution in [0.2, 0.25) is 0 Å². The van der Waals surface area contributed by atoms with Crippen LogP contribution in [0.5, 0.6) is 0 Å². The van der Waals surface area contributed by atoms with E-state index in [9.17, 15) is 13.2 Å². The molecule has 0 aromatic rings. The van der Waals surface area contributed by atoms with E-state index in [2.05, 4.69) is 0 Å². The minimum atomic E-state index is -4.08. The Balaban J connectivity index is 2.39. The van der Waals surface area contributed by atoms with Crippen LogP contribution in [0.1, 0.15) is 32.6 Å². The van der Waals surface area contributed by atoms with Crippen LogP contribution in [0, 0.1) is 11.8 Å². The molecular formula is C12H23F3N2. The Kier molecular flexibility index (Phi) is 5.73. The zero-order valence-electron chi connectivity index (χ0n) is 10.5. The molecule has 2 N–H and O–H groups in total. The number of nitrogens with two attached hydrogens (primary N) is 1. The second-order valence-electron chi connectivity index (χ2n) is 5.13. The highest BCUT2D eigenvalue weighted by Crippen LogP contribution is 2.31. The maximum Gasteiger partial charge on any atom is 0.401 e. The fraction of sp³-hybridized carbons (Fsp3) is 1.00. The van der Waals surface area contributed by atoms with Crippen molar-refractivity contribution in [3.05, 3.63) is 0 Å². The van der Waals surface area contributed by atoms with Gasteiger partial charge in [-0.1, -0.05) is 6.92 Å². The standard InChI is InChI=1S/C12H23F3N2/c1-2-5-17(9-12(13,14)15)8-11-4-3-10(6-11)7-16/h10-11H,2-9,16H2,1H3. The van der Waals surface area contributed by atoms with Gasteiger partial charge in [0.25, 0.3) is 0 Å². The Hall–Kier alpha value is -0.290. The van der Waals surface area contributed by atoms with Gasteiger partial charge in [-0.2, -0.15) is 13.2 Å². The van der Waals surface area contributed by atoms with Crippen LogP contribution in [0.15, 0.2) is 0 Å². The molecule has 2 unspecified atom stereocenters. The van der Waals surface area contributed by atoms with Crippen molar-refractivity contribution >= 4 is 0 Å². The summed E-state index contributed by atoms with van der Waals surface area (Å²) in [7, 11) is 0. The number of rotatable bonds is 6. The Morgan fingerprint density at radius 1 is 1.24 bits per heavy atom. The lowest BCUT2D eigenvalue weighted by Crippen LogP contribution is -2.37. The Labute approximate surface area is 101 Å². The quantitative estimate of drug-likeness (QED) is 0.787. The van der Waals surface area contributed by atoms with Crippen molar-refractivity contribution in [3.63, 3.8) is 0 Å². The molecule has 0 aromatic heterocycles.